The number of likely N-dealkylation sites (tertiary alicyclic amines) is 1. The molecule has 1 amide bonds. The smallest absolute Gasteiger partial charge is 0.295 e. The Morgan fingerprint density at radius 1 is 1.09 bits per heavy atom. The molecular weight excluding hydrogens is 440 g/mol. The van der Waals surface area contributed by atoms with Crippen LogP contribution in [0.15, 0.2) is 54.1 Å². The standard InChI is InChI=1S/C26H31ClN2O4/c1-4-16-33-21-9-7-8-19(17-21)23-22(24(30)18-10-12-20(27)13-11-18)25(31)26(32)29(23)15-14-28(5-2)6-3/h7-13,17,23,30H,4-6,14-16H2,1-3H3/b24-22+/t23-/m0/s1. The highest BCUT2D eigenvalue weighted by Gasteiger charge is 2.46. The molecule has 0 spiro atoms. The average molecular weight is 471 g/mol. The van der Waals surface area contributed by atoms with Crippen LogP contribution in [0.3, 0.4) is 0 Å². The molecule has 1 aliphatic heterocycles. The van der Waals surface area contributed by atoms with Gasteiger partial charge in [-0.05, 0) is 61.5 Å². The van der Waals surface area contributed by atoms with Gasteiger partial charge in [0.1, 0.15) is 11.5 Å². The zero-order valence-corrected chi connectivity index (χ0v) is 20.1. The van der Waals surface area contributed by atoms with E-state index in [0.717, 1.165) is 25.1 Å². The van der Waals surface area contributed by atoms with E-state index in [2.05, 4.69) is 18.7 Å². The van der Waals surface area contributed by atoms with E-state index in [-0.39, 0.29) is 11.3 Å². The molecule has 0 unspecified atom stereocenters. The third-order valence-electron chi connectivity index (χ3n) is 5.86. The Bertz CT molecular complexity index is 1020. The normalized spacial score (nSPS) is 17.7. The molecule has 1 saturated heterocycles. The number of halogens is 1. The number of rotatable bonds is 10. The quantitative estimate of drug-likeness (QED) is 0.304. The number of amides is 1. The van der Waals surface area contributed by atoms with Gasteiger partial charge in [0.25, 0.3) is 11.7 Å². The van der Waals surface area contributed by atoms with E-state index < -0.39 is 17.7 Å². The topological polar surface area (TPSA) is 70.1 Å². The van der Waals surface area contributed by atoms with Gasteiger partial charge in [-0.1, -0.05) is 44.5 Å². The number of carbonyl (C=O) groups excluding carboxylic acids is 2. The summed E-state index contributed by atoms with van der Waals surface area (Å²) in [6.45, 7) is 9.40. The maximum absolute atomic E-state index is 13.1. The molecule has 1 fully saturated rings. The molecule has 2 aromatic carbocycles. The number of ketones is 1. The molecular formula is C26H31ClN2O4. The Morgan fingerprint density at radius 3 is 2.42 bits per heavy atom. The maximum atomic E-state index is 13.1. The summed E-state index contributed by atoms with van der Waals surface area (Å²) in [6.07, 6.45) is 0.864. The molecule has 0 aliphatic carbocycles. The summed E-state index contributed by atoms with van der Waals surface area (Å²) < 4.78 is 5.78. The van der Waals surface area contributed by atoms with Crippen LogP contribution in [0.5, 0.6) is 5.75 Å². The van der Waals surface area contributed by atoms with Crippen molar-refractivity contribution in [1.29, 1.82) is 0 Å². The van der Waals surface area contributed by atoms with Crippen molar-refractivity contribution < 1.29 is 19.4 Å². The molecule has 33 heavy (non-hydrogen) atoms. The molecule has 0 radical (unpaired) electrons. The van der Waals surface area contributed by atoms with Gasteiger partial charge in [-0.15, -0.1) is 0 Å². The van der Waals surface area contributed by atoms with E-state index in [0.29, 0.717) is 36.0 Å². The van der Waals surface area contributed by atoms with Crippen LogP contribution in [0.25, 0.3) is 5.76 Å². The highest BCUT2D eigenvalue weighted by atomic mass is 35.5. The van der Waals surface area contributed by atoms with Crippen LogP contribution < -0.4 is 4.74 Å². The Balaban J connectivity index is 2.08. The van der Waals surface area contributed by atoms with Crippen LogP contribution in [-0.2, 0) is 9.59 Å². The van der Waals surface area contributed by atoms with Crippen molar-refractivity contribution in [3.63, 3.8) is 0 Å². The second-order valence-electron chi connectivity index (χ2n) is 7.95. The highest BCUT2D eigenvalue weighted by Crippen LogP contribution is 2.40. The summed E-state index contributed by atoms with van der Waals surface area (Å²) in [4.78, 5) is 30.0. The van der Waals surface area contributed by atoms with E-state index >= 15 is 0 Å². The largest absolute Gasteiger partial charge is 0.507 e. The van der Waals surface area contributed by atoms with Crippen molar-refractivity contribution in [2.45, 2.75) is 33.2 Å². The second-order valence-corrected chi connectivity index (χ2v) is 8.38. The fourth-order valence-electron chi connectivity index (χ4n) is 4.00. The fraction of sp³-hybridized carbons (Fsp3) is 0.385. The SMILES string of the molecule is CCCOc1cccc([C@H]2/C(=C(\O)c3ccc(Cl)cc3)C(=O)C(=O)N2CCN(CC)CC)c1. The number of likely N-dealkylation sites (N-methyl/N-ethyl adjacent to an activating group) is 1. The number of aliphatic hydroxyl groups excluding tert-OH is 1. The number of hydrogen-bond acceptors (Lipinski definition) is 5. The van der Waals surface area contributed by atoms with Crippen molar-refractivity contribution in [2.24, 2.45) is 0 Å². The molecule has 0 aromatic heterocycles. The first-order valence-corrected chi connectivity index (χ1v) is 11.8. The van der Waals surface area contributed by atoms with Gasteiger partial charge in [0.2, 0.25) is 0 Å². The number of benzene rings is 2. The van der Waals surface area contributed by atoms with Crippen molar-refractivity contribution >= 4 is 29.1 Å². The van der Waals surface area contributed by atoms with Crippen molar-refractivity contribution in [2.75, 3.05) is 32.8 Å². The summed E-state index contributed by atoms with van der Waals surface area (Å²) >= 11 is 5.99. The molecule has 6 nitrogen and oxygen atoms in total. The van der Waals surface area contributed by atoms with Crippen LogP contribution >= 0.6 is 11.6 Å². The zero-order valence-electron chi connectivity index (χ0n) is 19.4. The predicted octanol–water partition coefficient (Wildman–Crippen LogP) is 4.89. The van der Waals surface area contributed by atoms with Gasteiger partial charge >= 0.3 is 0 Å². The van der Waals surface area contributed by atoms with E-state index in [4.69, 9.17) is 16.3 Å². The maximum Gasteiger partial charge on any atom is 0.295 e. The third kappa shape index (κ3) is 5.57. The van der Waals surface area contributed by atoms with Gasteiger partial charge in [-0.25, -0.2) is 0 Å². The molecule has 0 saturated carbocycles. The zero-order chi connectivity index (χ0) is 24.0. The first-order valence-electron chi connectivity index (χ1n) is 11.4. The number of carbonyl (C=O) groups is 2. The molecule has 2 aromatic rings. The third-order valence-corrected chi connectivity index (χ3v) is 6.11. The first kappa shape index (κ1) is 24.8. The molecule has 1 aliphatic rings. The Morgan fingerprint density at radius 2 is 1.79 bits per heavy atom. The van der Waals surface area contributed by atoms with Gasteiger partial charge in [-0.2, -0.15) is 0 Å². The lowest BCUT2D eigenvalue weighted by molar-refractivity contribution is -0.140. The number of Topliss-reactive ketones (excluding diaryl/α,β-unsaturated/α-hetero) is 1. The summed E-state index contributed by atoms with van der Waals surface area (Å²) in [5.41, 5.74) is 1.23. The monoisotopic (exact) mass is 470 g/mol. The molecule has 7 heteroatoms. The first-order chi connectivity index (χ1) is 15.9. The minimum Gasteiger partial charge on any atom is -0.507 e. The predicted molar refractivity (Wildman–Crippen MR) is 130 cm³/mol. The van der Waals surface area contributed by atoms with Crippen molar-refractivity contribution in [3.8, 4) is 5.75 Å². The fourth-order valence-corrected chi connectivity index (χ4v) is 4.13. The highest BCUT2D eigenvalue weighted by molar-refractivity contribution is 6.46. The van der Waals surface area contributed by atoms with Gasteiger partial charge in [-0.3, -0.25) is 9.59 Å². The molecule has 3 rings (SSSR count). The average Bonchev–Trinajstić information content (AvgIpc) is 3.08. The Hall–Kier alpha value is -2.83. The lowest BCUT2D eigenvalue weighted by atomic mass is 9.95. The molecule has 1 N–H and O–H groups in total. The lowest BCUT2D eigenvalue weighted by Crippen LogP contribution is -2.38. The van der Waals surface area contributed by atoms with Gasteiger partial charge in [0.05, 0.1) is 18.2 Å². The van der Waals surface area contributed by atoms with E-state index in [1.54, 1.807) is 29.2 Å². The van der Waals surface area contributed by atoms with Gasteiger partial charge in [0.15, 0.2) is 0 Å². The van der Waals surface area contributed by atoms with E-state index in [9.17, 15) is 14.7 Å². The molecule has 176 valence electrons. The van der Waals surface area contributed by atoms with Crippen LogP contribution in [0.1, 0.15) is 44.4 Å². The molecule has 1 atom stereocenters. The number of ether oxygens (including phenoxy) is 1. The number of nitrogens with zero attached hydrogens (tertiary/aromatic N) is 2. The Kier molecular flexibility index (Phi) is 8.53. The summed E-state index contributed by atoms with van der Waals surface area (Å²) in [5, 5.41) is 11.6. The van der Waals surface area contributed by atoms with Gasteiger partial charge < -0.3 is 19.6 Å². The molecule has 0 bridgehead atoms. The van der Waals surface area contributed by atoms with Crippen molar-refractivity contribution in [1.82, 2.24) is 9.80 Å². The second kappa shape index (κ2) is 11.3. The van der Waals surface area contributed by atoms with Gasteiger partial charge in [0, 0.05) is 23.7 Å². The van der Waals surface area contributed by atoms with Crippen molar-refractivity contribution in [3.05, 3.63) is 70.3 Å². The molecule has 1 heterocycles. The van der Waals surface area contributed by atoms with Crippen LogP contribution in [0.4, 0.5) is 0 Å². The summed E-state index contributed by atoms with van der Waals surface area (Å²) in [5.74, 6) is -0.843. The number of hydrogen-bond donors (Lipinski definition) is 1. The van der Waals surface area contributed by atoms with Crippen LogP contribution in [0, 0.1) is 0 Å². The van der Waals surface area contributed by atoms with E-state index in [1.807, 2.05) is 31.2 Å². The lowest BCUT2D eigenvalue weighted by Gasteiger charge is -2.28. The summed E-state index contributed by atoms with van der Waals surface area (Å²) in [6, 6.07) is 13.2. The van der Waals surface area contributed by atoms with Crippen LogP contribution in [0.2, 0.25) is 5.02 Å². The van der Waals surface area contributed by atoms with Crippen LogP contribution in [-0.4, -0.2) is 59.4 Å². The summed E-state index contributed by atoms with van der Waals surface area (Å²) in [7, 11) is 0. The number of aliphatic hydroxyl groups is 1. The minimum atomic E-state index is -0.707. The van der Waals surface area contributed by atoms with E-state index in [1.165, 1.54) is 0 Å². The Labute approximate surface area is 200 Å². The minimum absolute atomic E-state index is 0.0783.